The summed E-state index contributed by atoms with van der Waals surface area (Å²) in [5.41, 5.74) is 8.97. The zero-order valence-electron chi connectivity index (χ0n) is 11.8. The van der Waals surface area contributed by atoms with Gasteiger partial charge in [0.25, 0.3) is 0 Å². The van der Waals surface area contributed by atoms with Crippen LogP contribution in [0.2, 0.25) is 0 Å². The van der Waals surface area contributed by atoms with Crippen LogP contribution >= 0.6 is 0 Å². The largest absolute Gasteiger partial charge is 0.496 e. The van der Waals surface area contributed by atoms with E-state index in [2.05, 4.69) is 0 Å². The van der Waals surface area contributed by atoms with E-state index in [1.54, 1.807) is 26.0 Å². The summed E-state index contributed by atoms with van der Waals surface area (Å²) in [6.07, 6.45) is 0. The molecule has 0 aliphatic rings. The van der Waals surface area contributed by atoms with Gasteiger partial charge in [0.05, 0.1) is 13.2 Å². The second-order valence-corrected chi connectivity index (χ2v) is 4.66. The number of nitrogens with two attached hydrogens (primary N) is 1. The summed E-state index contributed by atoms with van der Waals surface area (Å²) in [6, 6.07) is 3.46. The molecular formula is C14H22N2O2. The molecule has 0 saturated carbocycles. The first-order chi connectivity index (χ1) is 8.38. The SMILES string of the molecule is COc1ccc(CN(C)C(=O)C(C)N)c(C)c1C. The van der Waals surface area contributed by atoms with Crippen molar-refractivity contribution in [3.8, 4) is 5.75 Å². The van der Waals surface area contributed by atoms with Gasteiger partial charge in [-0.05, 0) is 43.5 Å². The lowest BCUT2D eigenvalue weighted by Gasteiger charge is -2.21. The first-order valence-electron chi connectivity index (χ1n) is 6.02. The van der Waals surface area contributed by atoms with Crippen LogP contribution < -0.4 is 10.5 Å². The van der Waals surface area contributed by atoms with Gasteiger partial charge >= 0.3 is 0 Å². The molecule has 1 aromatic rings. The Morgan fingerprint density at radius 3 is 2.50 bits per heavy atom. The lowest BCUT2D eigenvalue weighted by Crippen LogP contribution is -2.39. The summed E-state index contributed by atoms with van der Waals surface area (Å²) in [5.74, 6) is 0.820. The molecule has 0 aliphatic carbocycles. The molecule has 100 valence electrons. The van der Waals surface area contributed by atoms with Gasteiger partial charge in [-0.1, -0.05) is 6.07 Å². The molecule has 0 aliphatic heterocycles. The highest BCUT2D eigenvalue weighted by molar-refractivity contribution is 5.80. The highest BCUT2D eigenvalue weighted by Gasteiger charge is 2.15. The number of carbonyl (C=O) groups is 1. The lowest BCUT2D eigenvalue weighted by molar-refractivity contribution is -0.131. The summed E-state index contributed by atoms with van der Waals surface area (Å²) in [6.45, 7) is 6.32. The van der Waals surface area contributed by atoms with Crippen molar-refractivity contribution < 1.29 is 9.53 Å². The number of carbonyl (C=O) groups excluding carboxylic acids is 1. The zero-order valence-corrected chi connectivity index (χ0v) is 11.8. The standard InChI is InChI=1S/C14H22N2O2/c1-9-10(2)13(18-5)7-6-12(9)8-16(4)14(17)11(3)15/h6-7,11H,8,15H2,1-5H3. The van der Waals surface area contributed by atoms with Crippen LogP contribution in [0.5, 0.6) is 5.75 Å². The first-order valence-corrected chi connectivity index (χ1v) is 6.02. The van der Waals surface area contributed by atoms with E-state index in [0.717, 1.165) is 22.4 Å². The number of amides is 1. The Morgan fingerprint density at radius 1 is 1.39 bits per heavy atom. The lowest BCUT2D eigenvalue weighted by atomic mass is 10.0. The highest BCUT2D eigenvalue weighted by atomic mass is 16.5. The van der Waals surface area contributed by atoms with Gasteiger partial charge in [0.15, 0.2) is 0 Å². The molecule has 2 N–H and O–H groups in total. The number of methoxy groups -OCH3 is 1. The third-order valence-corrected chi connectivity index (χ3v) is 3.24. The van der Waals surface area contributed by atoms with Crippen molar-refractivity contribution in [3.63, 3.8) is 0 Å². The minimum Gasteiger partial charge on any atom is -0.496 e. The van der Waals surface area contributed by atoms with E-state index >= 15 is 0 Å². The number of benzene rings is 1. The molecule has 0 fully saturated rings. The maximum atomic E-state index is 11.7. The van der Waals surface area contributed by atoms with E-state index in [1.165, 1.54) is 0 Å². The van der Waals surface area contributed by atoms with Crippen molar-refractivity contribution in [3.05, 3.63) is 28.8 Å². The predicted octanol–water partition coefficient (Wildman–Crippen LogP) is 1.62. The van der Waals surface area contributed by atoms with Gasteiger partial charge < -0.3 is 15.4 Å². The minimum absolute atomic E-state index is 0.0529. The van der Waals surface area contributed by atoms with E-state index in [4.69, 9.17) is 10.5 Å². The van der Waals surface area contributed by atoms with Crippen LogP contribution in [0.4, 0.5) is 0 Å². The van der Waals surface area contributed by atoms with Crippen LogP contribution in [0.1, 0.15) is 23.6 Å². The summed E-state index contributed by atoms with van der Waals surface area (Å²) in [7, 11) is 3.43. The van der Waals surface area contributed by atoms with E-state index in [0.29, 0.717) is 6.54 Å². The predicted molar refractivity (Wildman–Crippen MR) is 72.6 cm³/mol. The summed E-state index contributed by atoms with van der Waals surface area (Å²) < 4.78 is 5.27. The van der Waals surface area contributed by atoms with Crippen LogP contribution in [0, 0.1) is 13.8 Å². The van der Waals surface area contributed by atoms with Gasteiger partial charge in [0.1, 0.15) is 5.75 Å². The van der Waals surface area contributed by atoms with Crippen molar-refractivity contribution in [1.29, 1.82) is 0 Å². The van der Waals surface area contributed by atoms with Crippen LogP contribution in [0.15, 0.2) is 12.1 Å². The van der Waals surface area contributed by atoms with Gasteiger partial charge in [0.2, 0.25) is 5.91 Å². The monoisotopic (exact) mass is 250 g/mol. The molecule has 0 heterocycles. The summed E-state index contributed by atoms with van der Waals surface area (Å²) in [4.78, 5) is 13.4. The zero-order chi connectivity index (χ0) is 13.9. The van der Waals surface area contributed by atoms with Gasteiger partial charge in [-0.2, -0.15) is 0 Å². The molecule has 0 spiro atoms. The third-order valence-electron chi connectivity index (χ3n) is 3.24. The normalized spacial score (nSPS) is 12.1. The highest BCUT2D eigenvalue weighted by Crippen LogP contribution is 2.24. The molecule has 0 saturated heterocycles. The van der Waals surface area contributed by atoms with Crippen molar-refractivity contribution in [1.82, 2.24) is 4.90 Å². The summed E-state index contributed by atoms with van der Waals surface area (Å²) in [5, 5.41) is 0. The third kappa shape index (κ3) is 3.01. The molecular weight excluding hydrogens is 228 g/mol. The maximum Gasteiger partial charge on any atom is 0.239 e. The number of likely N-dealkylation sites (N-methyl/N-ethyl adjacent to an activating group) is 1. The quantitative estimate of drug-likeness (QED) is 0.883. The number of hydrogen-bond donors (Lipinski definition) is 1. The molecule has 1 aromatic carbocycles. The molecule has 0 radical (unpaired) electrons. The van der Waals surface area contributed by atoms with Gasteiger partial charge in [-0.3, -0.25) is 4.79 Å². The smallest absolute Gasteiger partial charge is 0.239 e. The molecule has 18 heavy (non-hydrogen) atoms. The van der Waals surface area contributed by atoms with E-state index < -0.39 is 6.04 Å². The Morgan fingerprint density at radius 2 is 2.00 bits per heavy atom. The van der Waals surface area contributed by atoms with E-state index in [-0.39, 0.29) is 5.91 Å². The van der Waals surface area contributed by atoms with Gasteiger partial charge in [-0.25, -0.2) is 0 Å². The average Bonchev–Trinajstić information content (AvgIpc) is 2.34. The van der Waals surface area contributed by atoms with Crippen molar-refractivity contribution in [2.24, 2.45) is 5.73 Å². The molecule has 0 aromatic heterocycles. The fourth-order valence-electron chi connectivity index (χ4n) is 1.93. The molecule has 4 heteroatoms. The van der Waals surface area contributed by atoms with E-state index in [9.17, 15) is 4.79 Å². The second kappa shape index (κ2) is 5.87. The first kappa shape index (κ1) is 14.5. The van der Waals surface area contributed by atoms with Gasteiger partial charge in [0, 0.05) is 13.6 Å². The Kier molecular flexibility index (Phi) is 4.73. The Hall–Kier alpha value is -1.55. The molecule has 0 bridgehead atoms. The minimum atomic E-state index is -0.463. The molecule has 1 amide bonds. The Balaban J connectivity index is 2.92. The molecule has 1 rings (SSSR count). The Labute approximate surface area is 109 Å². The maximum absolute atomic E-state index is 11.7. The topological polar surface area (TPSA) is 55.6 Å². The summed E-state index contributed by atoms with van der Waals surface area (Å²) >= 11 is 0. The van der Waals surface area contributed by atoms with Crippen molar-refractivity contribution in [2.45, 2.75) is 33.4 Å². The number of rotatable bonds is 4. The van der Waals surface area contributed by atoms with Gasteiger partial charge in [-0.15, -0.1) is 0 Å². The van der Waals surface area contributed by atoms with Crippen LogP contribution in [0.25, 0.3) is 0 Å². The number of ether oxygens (including phenoxy) is 1. The van der Waals surface area contributed by atoms with Crippen molar-refractivity contribution in [2.75, 3.05) is 14.2 Å². The second-order valence-electron chi connectivity index (χ2n) is 4.66. The fraction of sp³-hybridized carbons (Fsp3) is 0.500. The number of hydrogen-bond acceptors (Lipinski definition) is 3. The average molecular weight is 250 g/mol. The van der Waals surface area contributed by atoms with Crippen LogP contribution in [-0.4, -0.2) is 31.0 Å². The van der Waals surface area contributed by atoms with Crippen molar-refractivity contribution >= 4 is 5.91 Å². The van der Waals surface area contributed by atoms with Crippen LogP contribution in [-0.2, 0) is 11.3 Å². The van der Waals surface area contributed by atoms with Crippen LogP contribution in [0.3, 0.4) is 0 Å². The molecule has 1 unspecified atom stereocenters. The fourth-order valence-corrected chi connectivity index (χ4v) is 1.93. The number of nitrogens with zero attached hydrogens (tertiary/aromatic N) is 1. The van der Waals surface area contributed by atoms with E-state index in [1.807, 2.05) is 26.0 Å². The molecule has 1 atom stereocenters. The Bertz CT molecular complexity index is 442. The molecule has 4 nitrogen and oxygen atoms in total.